The van der Waals surface area contributed by atoms with Gasteiger partial charge in [0.2, 0.25) is 0 Å². The number of para-hydroxylation sites is 1. The maximum absolute atomic E-state index is 12.4. The molecule has 0 atom stereocenters. The van der Waals surface area contributed by atoms with Crippen molar-refractivity contribution in [2.24, 2.45) is 0 Å². The molecule has 0 saturated carbocycles. The van der Waals surface area contributed by atoms with Crippen LogP contribution in [-0.4, -0.2) is 37.1 Å². The number of nitrogens with one attached hydrogen (secondary N) is 1. The van der Waals surface area contributed by atoms with Gasteiger partial charge in [-0.3, -0.25) is 4.79 Å². The van der Waals surface area contributed by atoms with Gasteiger partial charge in [0, 0.05) is 19.0 Å². The number of methoxy groups -OCH3 is 1. The number of nitrogens with zero attached hydrogens (tertiary/aromatic N) is 1. The zero-order valence-corrected chi connectivity index (χ0v) is 13.5. The molecule has 0 radical (unpaired) electrons. The van der Waals surface area contributed by atoms with Gasteiger partial charge in [0.25, 0.3) is 5.91 Å². The highest BCUT2D eigenvalue weighted by Crippen LogP contribution is 2.24. The molecular weight excluding hydrogens is 296 g/mol. The van der Waals surface area contributed by atoms with Crippen LogP contribution in [0.4, 0.5) is 0 Å². The van der Waals surface area contributed by atoms with Crippen LogP contribution in [0.5, 0.6) is 0 Å². The van der Waals surface area contributed by atoms with Crippen LogP contribution in [-0.2, 0) is 20.9 Å². The third kappa shape index (κ3) is 3.84. The van der Waals surface area contributed by atoms with E-state index in [0.29, 0.717) is 17.8 Å². The molecule has 0 saturated heterocycles. The van der Waals surface area contributed by atoms with Gasteiger partial charge in [-0.15, -0.1) is 0 Å². The fraction of sp³-hybridized carbons (Fsp3) is 0.353. The number of pyridine rings is 1. The summed E-state index contributed by atoms with van der Waals surface area (Å²) in [5.41, 5.74) is 2.42. The molecule has 0 aliphatic rings. The Labute approximate surface area is 134 Å². The SMILES string of the molecule is CCNC(=O)COC(=O)c1c(COC)nc2ccccc2c1C. The quantitative estimate of drug-likeness (QED) is 0.825. The van der Waals surface area contributed by atoms with E-state index in [2.05, 4.69) is 10.3 Å². The van der Waals surface area contributed by atoms with Crippen molar-refractivity contribution in [1.82, 2.24) is 10.3 Å². The number of carbonyl (C=O) groups is 2. The normalized spacial score (nSPS) is 10.6. The van der Waals surface area contributed by atoms with E-state index in [1.165, 1.54) is 7.11 Å². The molecule has 0 aliphatic carbocycles. The molecule has 2 rings (SSSR count). The Morgan fingerprint density at radius 1 is 1.26 bits per heavy atom. The largest absolute Gasteiger partial charge is 0.452 e. The van der Waals surface area contributed by atoms with Gasteiger partial charge in [0.15, 0.2) is 6.61 Å². The number of amides is 1. The molecule has 0 fully saturated rings. The predicted molar refractivity (Wildman–Crippen MR) is 86.2 cm³/mol. The molecular formula is C17H20N2O4. The lowest BCUT2D eigenvalue weighted by atomic mass is 10.0. The summed E-state index contributed by atoms with van der Waals surface area (Å²) in [5, 5.41) is 3.45. The Hall–Kier alpha value is -2.47. The standard InChI is InChI=1S/C17H20N2O4/c1-4-18-15(20)10-23-17(21)16-11(2)12-7-5-6-8-13(12)19-14(16)9-22-3/h5-8H,4,9-10H2,1-3H3,(H,18,20). The van der Waals surface area contributed by atoms with E-state index < -0.39 is 5.97 Å². The molecule has 1 amide bonds. The van der Waals surface area contributed by atoms with Crippen molar-refractivity contribution < 1.29 is 19.1 Å². The minimum atomic E-state index is -0.570. The van der Waals surface area contributed by atoms with Crippen LogP contribution in [0.25, 0.3) is 10.9 Å². The lowest BCUT2D eigenvalue weighted by Crippen LogP contribution is -2.28. The third-order valence-electron chi connectivity index (χ3n) is 3.42. The highest BCUT2D eigenvalue weighted by molar-refractivity contribution is 5.99. The van der Waals surface area contributed by atoms with Crippen LogP contribution in [0.3, 0.4) is 0 Å². The second-order valence-corrected chi connectivity index (χ2v) is 5.04. The van der Waals surface area contributed by atoms with E-state index in [4.69, 9.17) is 9.47 Å². The molecule has 122 valence electrons. The molecule has 2 aromatic rings. The van der Waals surface area contributed by atoms with E-state index in [1.807, 2.05) is 31.2 Å². The first-order chi connectivity index (χ1) is 11.1. The van der Waals surface area contributed by atoms with Crippen molar-refractivity contribution >= 4 is 22.8 Å². The van der Waals surface area contributed by atoms with Crippen molar-refractivity contribution in [2.45, 2.75) is 20.5 Å². The summed E-state index contributed by atoms with van der Waals surface area (Å²) in [6.07, 6.45) is 0. The van der Waals surface area contributed by atoms with Crippen molar-refractivity contribution in [3.63, 3.8) is 0 Å². The number of carbonyl (C=O) groups excluding carboxylic acids is 2. The van der Waals surface area contributed by atoms with Crippen LogP contribution in [0.1, 0.15) is 28.5 Å². The van der Waals surface area contributed by atoms with E-state index in [1.54, 1.807) is 6.92 Å². The number of rotatable bonds is 6. The summed E-state index contributed by atoms with van der Waals surface area (Å²) in [5.74, 6) is -0.903. The zero-order valence-electron chi connectivity index (χ0n) is 13.5. The lowest BCUT2D eigenvalue weighted by molar-refractivity contribution is -0.124. The van der Waals surface area contributed by atoms with E-state index in [9.17, 15) is 9.59 Å². The molecule has 0 aliphatic heterocycles. The number of hydrogen-bond donors (Lipinski definition) is 1. The topological polar surface area (TPSA) is 77.5 Å². The van der Waals surface area contributed by atoms with Gasteiger partial charge in [-0.05, 0) is 25.5 Å². The molecule has 0 unspecified atom stereocenters. The van der Waals surface area contributed by atoms with Gasteiger partial charge < -0.3 is 14.8 Å². The number of aryl methyl sites for hydroxylation is 1. The zero-order chi connectivity index (χ0) is 16.8. The van der Waals surface area contributed by atoms with Crippen LogP contribution >= 0.6 is 0 Å². The van der Waals surface area contributed by atoms with E-state index in [-0.39, 0.29) is 19.1 Å². The van der Waals surface area contributed by atoms with Crippen molar-refractivity contribution in [3.05, 3.63) is 41.1 Å². The van der Waals surface area contributed by atoms with Gasteiger partial charge in [0.1, 0.15) is 0 Å². The number of esters is 1. The van der Waals surface area contributed by atoms with Crippen LogP contribution in [0.2, 0.25) is 0 Å². The molecule has 0 spiro atoms. The summed E-state index contributed by atoms with van der Waals surface area (Å²) in [6, 6.07) is 7.55. The number of likely N-dealkylation sites (N-methyl/N-ethyl adjacent to an activating group) is 1. The Kier molecular flexibility index (Phi) is 5.65. The van der Waals surface area contributed by atoms with Crippen molar-refractivity contribution in [1.29, 1.82) is 0 Å². The number of aromatic nitrogens is 1. The molecule has 1 N–H and O–H groups in total. The van der Waals surface area contributed by atoms with E-state index in [0.717, 1.165) is 16.5 Å². The maximum Gasteiger partial charge on any atom is 0.340 e. The van der Waals surface area contributed by atoms with Gasteiger partial charge >= 0.3 is 5.97 Å². The summed E-state index contributed by atoms with van der Waals surface area (Å²) < 4.78 is 10.2. The monoisotopic (exact) mass is 316 g/mol. The second-order valence-electron chi connectivity index (χ2n) is 5.04. The molecule has 1 aromatic heterocycles. The van der Waals surface area contributed by atoms with Gasteiger partial charge in [0.05, 0.1) is 23.4 Å². The first-order valence-corrected chi connectivity index (χ1v) is 7.39. The smallest absolute Gasteiger partial charge is 0.340 e. The average Bonchev–Trinajstić information content (AvgIpc) is 2.53. The summed E-state index contributed by atoms with van der Waals surface area (Å²) in [7, 11) is 1.54. The Bertz CT molecular complexity index is 728. The third-order valence-corrected chi connectivity index (χ3v) is 3.42. The number of benzene rings is 1. The first-order valence-electron chi connectivity index (χ1n) is 7.39. The fourth-order valence-corrected chi connectivity index (χ4v) is 2.40. The molecule has 23 heavy (non-hydrogen) atoms. The minimum Gasteiger partial charge on any atom is -0.452 e. The lowest BCUT2D eigenvalue weighted by Gasteiger charge is -2.13. The highest BCUT2D eigenvalue weighted by atomic mass is 16.5. The Morgan fingerprint density at radius 2 is 2.00 bits per heavy atom. The number of fused-ring (bicyclic) bond motifs is 1. The molecule has 1 aromatic carbocycles. The Morgan fingerprint density at radius 3 is 2.70 bits per heavy atom. The average molecular weight is 316 g/mol. The minimum absolute atomic E-state index is 0.192. The maximum atomic E-state index is 12.4. The van der Waals surface area contributed by atoms with Crippen LogP contribution in [0.15, 0.2) is 24.3 Å². The second kappa shape index (κ2) is 7.69. The molecule has 6 nitrogen and oxygen atoms in total. The Balaban J connectivity index is 2.37. The van der Waals surface area contributed by atoms with Gasteiger partial charge in [-0.1, -0.05) is 18.2 Å². The summed E-state index contributed by atoms with van der Waals surface area (Å²) in [6.45, 7) is 4.00. The van der Waals surface area contributed by atoms with Crippen molar-refractivity contribution in [3.8, 4) is 0 Å². The van der Waals surface area contributed by atoms with Gasteiger partial charge in [-0.2, -0.15) is 0 Å². The van der Waals surface area contributed by atoms with Crippen LogP contribution < -0.4 is 5.32 Å². The van der Waals surface area contributed by atoms with E-state index >= 15 is 0 Å². The highest BCUT2D eigenvalue weighted by Gasteiger charge is 2.20. The fourth-order valence-electron chi connectivity index (χ4n) is 2.40. The molecule has 1 heterocycles. The number of ether oxygens (including phenoxy) is 2. The summed E-state index contributed by atoms with van der Waals surface area (Å²) in [4.78, 5) is 28.4. The van der Waals surface area contributed by atoms with Crippen LogP contribution in [0, 0.1) is 6.92 Å². The van der Waals surface area contributed by atoms with Crippen molar-refractivity contribution in [2.75, 3.05) is 20.3 Å². The molecule has 6 heteroatoms. The summed E-state index contributed by atoms with van der Waals surface area (Å²) >= 11 is 0. The number of hydrogen-bond acceptors (Lipinski definition) is 5. The van der Waals surface area contributed by atoms with Gasteiger partial charge in [-0.25, -0.2) is 9.78 Å². The first kappa shape index (κ1) is 16.9. The predicted octanol–water partition coefficient (Wildman–Crippen LogP) is 1.98. The molecule has 0 bridgehead atoms.